The van der Waals surface area contributed by atoms with Gasteiger partial charge in [0.05, 0.1) is 0 Å². The van der Waals surface area contributed by atoms with Gasteiger partial charge in [0, 0.05) is 49.9 Å². The second-order valence-corrected chi connectivity index (χ2v) is 7.50. The largest absolute Gasteiger partial charge is 0.378 e. The number of amides is 1. The smallest absolute Gasteiger partial charge is 0.274 e. The van der Waals surface area contributed by atoms with Crippen LogP contribution in [0.5, 0.6) is 0 Å². The molecule has 2 aromatic carbocycles. The van der Waals surface area contributed by atoms with Crippen LogP contribution in [0.25, 0.3) is 0 Å². The molecule has 0 aliphatic carbocycles. The third-order valence-corrected chi connectivity index (χ3v) is 4.77. The van der Waals surface area contributed by atoms with Gasteiger partial charge in [-0.25, -0.2) is 0 Å². The van der Waals surface area contributed by atoms with Gasteiger partial charge in [0.15, 0.2) is 0 Å². The highest BCUT2D eigenvalue weighted by atomic mass is 16.1. The number of pyridine rings is 1. The summed E-state index contributed by atoms with van der Waals surface area (Å²) in [6.45, 7) is 5.07. The van der Waals surface area contributed by atoms with E-state index in [1.54, 1.807) is 6.20 Å². The van der Waals surface area contributed by atoms with Gasteiger partial charge in [0.2, 0.25) is 0 Å². The third kappa shape index (κ3) is 5.35. The summed E-state index contributed by atoms with van der Waals surface area (Å²) in [6.07, 6.45) is 1.69. The predicted octanol–water partition coefficient (Wildman–Crippen LogP) is 4.81. The van der Waals surface area contributed by atoms with Crippen LogP contribution in [-0.4, -0.2) is 31.0 Å². The zero-order chi connectivity index (χ0) is 20.8. The first-order valence-electron chi connectivity index (χ1n) is 9.79. The second-order valence-electron chi connectivity index (χ2n) is 7.50. The first-order valence-corrected chi connectivity index (χ1v) is 9.79. The SMILES string of the molecule is CC(C)N(Cc1ccccc1)c1ccnc(C(=O)Nc2ccc(N(C)C)cc2)c1. The summed E-state index contributed by atoms with van der Waals surface area (Å²) >= 11 is 0. The molecule has 5 heteroatoms. The van der Waals surface area contributed by atoms with Crippen LogP contribution in [0.3, 0.4) is 0 Å². The highest BCUT2D eigenvalue weighted by molar-refractivity contribution is 6.03. The Bertz CT molecular complexity index is 937. The number of carbonyl (C=O) groups is 1. The Labute approximate surface area is 173 Å². The molecule has 29 heavy (non-hydrogen) atoms. The van der Waals surface area contributed by atoms with E-state index < -0.39 is 0 Å². The summed E-state index contributed by atoms with van der Waals surface area (Å²) in [5.41, 5.74) is 4.43. The van der Waals surface area contributed by atoms with Gasteiger partial charge in [-0.3, -0.25) is 9.78 Å². The molecule has 0 spiro atoms. The van der Waals surface area contributed by atoms with Gasteiger partial charge in [0.25, 0.3) is 5.91 Å². The zero-order valence-electron chi connectivity index (χ0n) is 17.5. The van der Waals surface area contributed by atoms with Crippen molar-refractivity contribution in [2.45, 2.75) is 26.4 Å². The molecule has 1 amide bonds. The van der Waals surface area contributed by atoms with Gasteiger partial charge < -0.3 is 15.1 Å². The van der Waals surface area contributed by atoms with Crippen LogP contribution in [0.4, 0.5) is 17.1 Å². The summed E-state index contributed by atoms with van der Waals surface area (Å²) in [6, 6.07) is 22.2. The monoisotopic (exact) mass is 388 g/mol. The van der Waals surface area contributed by atoms with E-state index in [1.165, 1.54) is 5.56 Å². The van der Waals surface area contributed by atoms with E-state index in [9.17, 15) is 4.79 Å². The first-order chi connectivity index (χ1) is 13.9. The first kappa shape index (κ1) is 20.4. The number of anilines is 3. The maximum atomic E-state index is 12.7. The van der Waals surface area contributed by atoms with Crippen LogP contribution >= 0.6 is 0 Å². The van der Waals surface area contributed by atoms with Crippen molar-refractivity contribution in [3.05, 3.63) is 84.2 Å². The molecule has 5 nitrogen and oxygen atoms in total. The van der Waals surface area contributed by atoms with Gasteiger partial charge in [-0.05, 0) is 55.8 Å². The van der Waals surface area contributed by atoms with E-state index in [0.29, 0.717) is 5.69 Å². The van der Waals surface area contributed by atoms with Crippen molar-refractivity contribution in [1.82, 2.24) is 4.98 Å². The average Bonchev–Trinajstić information content (AvgIpc) is 2.73. The second kappa shape index (κ2) is 9.24. The molecule has 0 atom stereocenters. The van der Waals surface area contributed by atoms with E-state index in [1.807, 2.05) is 73.6 Å². The van der Waals surface area contributed by atoms with Crippen molar-refractivity contribution in [1.29, 1.82) is 0 Å². The standard InChI is InChI=1S/C24H28N4O/c1-18(2)28(17-19-8-6-5-7-9-19)22-14-15-25-23(16-22)24(29)26-20-10-12-21(13-11-20)27(3)4/h5-16,18H,17H2,1-4H3,(H,26,29). The molecule has 150 valence electrons. The number of aromatic nitrogens is 1. The van der Waals surface area contributed by atoms with Crippen molar-refractivity contribution < 1.29 is 4.79 Å². The molecular formula is C24H28N4O. The lowest BCUT2D eigenvalue weighted by Gasteiger charge is -2.29. The Hall–Kier alpha value is -3.34. The van der Waals surface area contributed by atoms with Crippen molar-refractivity contribution in [3.8, 4) is 0 Å². The number of hydrogen-bond donors (Lipinski definition) is 1. The van der Waals surface area contributed by atoms with Gasteiger partial charge in [-0.1, -0.05) is 30.3 Å². The molecule has 0 unspecified atom stereocenters. The molecule has 1 heterocycles. The van der Waals surface area contributed by atoms with E-state index in [0.717, 1.165) is 23.6 Å². The lowest BCUT2D eigenvalue weighted by Crippen LogP contribution is -2.30. The number of carbonyl (C=O) groups excluding carboxylic acids is 1. The third-order valence-electron chi connectivity index (χ3n) is 4.77. The number of benzene rings is 2. The van der Waals surface area contributed by atoms with Crippen LogP contribution in [-0.2, 0) is 6.54 Å². The van der Waals surface area contributed by atoms with Crippen molar-refractivity contribution in [3.63, 3.8) is 0 Å². The molecule has 0 fully saturated rings. The number of nitrogens with zero attached hydrogens (tertiary/aromatic N) is 3. The van der Waals surface area contributed by atoms with E-state index in [2.05, 4.69) is 41.2 Å². The van der Waals surface area contributed by atoms with Gasteiger partial charge in [0.1, 0.15) is 5.69 Å². The summed E-state index contributed by atoms with van der Waals surface area (Å²) in [5.74, 6) is -0.215. The summed E-state index contributed by atoms with van der Waals surface area (Å²) in [7, 11) is 3.97. The fourth-order valence-corrected chi connectivity index (χ4v) is 3.11. The van der Waals surface area contributed by atoms with Crippen LogP contribution in [0.15, 0.2) is 72.9 Å². The summed E-state index contributed by atoms with van der Waals surface area (Å²) in [4.78, 5) is 21.3. The molecule has 0 aliphatic rings. The minimum absolute atomic E-state index is 0.215. The van der Waals surface area contributed by atoms with Crippen LogP contribution in [0.2, 0.25) is 0 Å². The highest BCUT2D eigenvalue weighted by Crippen LogP contribution is 2.22. The van der Waals surface area contributed by atoms with Crippen molar-refractivity contribution in [2.24, 2.45) is 0 Å². The summed E-state index contributed by atoms with van der Waals surface area (Å²) < 4.78 is 0. The quantitative estimate of drug-likeness (QED) is 0.631. The minimum atomic E-state index is -0.215. The van der Waals surface area contributed by atoms with Crippen LogP contribution in [0.1, 0.15) is 29.9 Å². The minimum Gasteiger partial charge on any atom is -0.378 e. The molecular weight excluding hydrogens is 360 g/mol. The maximum Gasteiger partial charge on any atom is 0.274 e. The fourth-order valence-electron chi connectivity index (χ4n) is 3.11. The topological polar surface area (TPSA) is 48.5 Å². The number of rotatable bonds is 7. The molecule has 3 aromatic rings. The average molecular weight is 389 g/mol. The molecule has 0 saturated heterocycles. The molecule has 1 N–H and O–H groups in total. The molecule has 0 aliphatic heterocycles. The highest BCUT2D eigenvalue weighted by Gasteiger charge is 2.15. The Morgan fingerprint density at radius 1 is 0.966 bits per heavy atom. The fraction of sp³-hybridized carbons (Fsp3) is 0.250. The summed E-state index contributed by atoms with van der Waals surface area (Å²) in [5, 5.41) is 2.93. The van der Waals surface area contributed by atoms with Gasteiger partial charge >= 0.3 is 0 Å². The van der Waals surface area contributed by atoms with Crippen LogP contribution < -0.4 is 15.1 Å². The predicted molar refractivity (Wildman–Crippen MR) is 121 cm³/mol. The molecule has 3 rings (SSSR count). The molecule has 0 bridgehead atoms. The lowest BCUT2D eigenvalue weighted by atomic mass is 10.1. The van der Waals surface area contributed by atoms with Gasteiger partial charge in [-0.2, -0.15) is 0 Å². The molecule has 1 aromatic heterocycles. The Morgan fingerprint density at radius 3 is 2.28 bits per heavy atom. The Kier molecular flexibility index (Phi) is 6.50. The normalized spacial score (nSPS) is 10.7. The van der Waals surface area contributed by atoms with E-state index in [4.69, 9.17) is 0 Å². The van der Waals surface area contributed by atoms with Crippen molar-refractivity contribution in [2.75, 3.05) is 29.2 Å². The Balaban J connectivity index is 1.77. The van der Waals surface area contributed by atoms with Crippen LogP contribution in [0, 0.1) is 0 Å². The zero-order valence-corrected chi connectivity index (χ0v) is 17.5. The molecule has 0 saturated carbocycles. The van der Waals surface area contributed by atoms with Gasteiger partial charge in [-0.15, -0.1) is 0 Å². The number of nitrogens with one attached hydrogen (secondary N) is 1. The number of hydrogen-bond acceptors (Lipinski definition) is 4. The van der Waals surface area contributed by atoms with Crippen molar-refractivity contribution >= 4 is 23.0 Å². The lowest BCUT2D eigenvalue weighted by molar-refractivity contribution is 0.102. The maximum absolute atomic E-state index is 12.7. The van der Waals surface area contributed by atoms with E-state index in [-0.39, 0.29) is 11.9 Å². The molecule has 0 radical (unpaired) electrons. The van der Waals surface area contributed by atoms with E-state index >= 15 is 0 Å². The Morgan fingerprint density at radius 2 is 1.66 bits per heavy atom.